The monoisotopic (exact) mass is 182 g/mol. The first-order valence-corrected chi connectivity index (χ1v) is 4.81. The molecular weight excluding hydrogens is 164 g/mol. The van der Waals surface area contributed by atoms with E-state index in [1.807, 2.05) is 0 Å². The summed E-state index contributed by atoms with van der Waals surface area (Å²) in [5.41, 5.74) is 6.26. The van der Waals surface area contributed by atoms with E-state index in [2.05, 4.69) is 11.7 Å². The van der Waals surface area contributed by atoms with E-state index in [-0.39, 0.29) is 6.10 Å². The second-order valence-electron chi connectivity index (χ2n) is 3.69. The Balaban J connectivity index is 2.33. The number of nitrogens with two attached hydrogens (primary N) is 1. The van der Waals surface area contributed by atoms with E-state index in [1.165, 1.54) is 6.20 Å². The van der Waals surface area contributed by atoms with Gasteiger partial charge in [0.25, 0.3) is 0 Å². The van der Waals surface area contributed by atoms with Gasteiger partial charge in [-0.1, -0.05) is 0 Å². The molecule has 13 heavy (non-hydrogen) atoms. The third-order valence-electron chi connectivity index (χ3n) is 2.71. The van der Waals surface area contributed by atoms with Crippen LogP contribution in [0.5, 0.6) is 0 Å². The molecule has 3 N–H and O–H groups in total. The van der Waals surface area contributed by atoms with Crippen molar-refractivity contribution >= 4 is 6.72 Å². The quantitative estimate of drug-likeness (QED) is 0.649. The van der Waals surface area contributed by atoms with Gasteiger partial charge in [0.2, 0.25) is 0 Å². The van der Waals surface area contributed by atoms with Gasteiger partial charge in [0.15, 0.2) is 0 Å². The normalized spacial score (nSPS) is 30.1. The Morgan fingerprint density at radius 3 is 2.54 bits per heavy atom. The molecule has 0 aromatic carbocycles. The summed E-state index contributed by atoms with van der Waals surface area (Å²) in [4.78, 5) is 3.84. The average Bonchev–Trinajstić information content (AvgIpc) is 2.17. The second kappa shape index (κ2) is 5.02. The third kappa shape index (κ3) is 3.19. The number of aliphatic hydroxyl groups is 1. The molecule has 0 atom stereocenters. The van der Waals surface area contributed by atoms with Crippen LogP contribution in [0.3, 0.4) is 0 Å². The van der Waals surface area contributed by atoms with Crippen LogP contribution < -0.4 is 5.73 Å². The molecule has 0 unspecified atom stereocenters. The summed E-state index contributed by atoms with van der Waals surface area (Å²) in [5, 5.41) is 9.30. The lowest BCUT2D eigenvalue weighted by atomic mass is 9.85. The van der Waals surface area contributed by atoms with Crippen LogP contribution in [-0.4, -0.2) is 17.9 Å². The first-order chi connectivity index (χ1) is 6.26. The molecule has 1 aliphatic carbocycles. The fourth-order valence-electron chi connectivity index (χ4n) is 1.83. The molecule has 0 spiro atoms. The van der Waals surface area contributed by atoms with Crippen LogP contribution in [0, 0.1) is 5.92 Å². The largest absolute Gasteiger partial charge is 0.403 e. The van der Waals surface area contributed by atoms with Gasteiger partial charge in [0, 0.05) is 6.20 Å². The average molecular weight is 182 g/mol. The molecule has 0 saturated heterocycles. The maximum absolute atomic E-state index is 9.30. The minimum atomic E-state index is -0.0850. The van der Waals surface area contributed by atoms with Crippen LogP contribution in [0.15, 0.2) is 16.9 Å². The highest BCUT2D eigenvalue weighted by Crippen LogP contribution is 2.29. The molecule has 3 heteroatoms. The number of rotatable bonds is 3. The Morgan fingerprint density at radius 2 is 2.08 bits per heavy atom. The van der Waals surface area contributed by atoms with Crippen molar-refractivity contribution in [3.8, 4) is 0 Å². The summed E-state index contributed by atoms with van der Waals surface area (Å²) in [5.74, 6) is 0.628. The smallest absolute Gasteiger partial charge is 0.0553 e. The number of allylic oxidation sites excluding steroid dienone is 1. The van der Waals surface area contributed by atoms with Gasteiger partial charge in [0.1, 0.15) is 0 Å². The molecule has 0 heterocycles. The minimum Gasteiger partial charge on any atom is -0.403 e. The fraction of sp³-hybridized carbons (Fsp3) is 0.700. The van der Waals surface area contributed by atoms with Crippen molar-refractivity contribution in [3.63, 3.8) is 0 Å². The Labute approximate surface area is 79.4 Å². The topological polar surface area (TPSA) is 58.6 Å². The lowest BCUT2D eigenvalue weighted by Crippen LogP contribution is -2.18. The SMILES string of the molecule is C=N/C(=C\N)CC1CCC(O)CC1. The van der Waals surface area contributed by atoms with Crippen molar-refractivity contribution in [1.29, 1.82) is 0 Å². The Morgan fingerprint density at radius 1 is 1.46 bits per heavy atom. The molecule has 0 aliphatic heterocycles. The van der Waals surface area contributed by atoms with Crippen molar-refractivity contribution in [3.05, 3.63) is 11.9 Å². The Bertz CT molecular complexity index is 193. The molecule has 0 radical (unpaired) electrons. The number of nitrogens with zero attached hydrogens (tertiary/aromatic N) is 1. The van der Waals surface area contributed by atoms with E-state index < -0.39 is 0 Å². The summed E-state index contributed by atoms with van der Waals surface area (Å²) in [6, 6.07) is 0. The predicted molar refractivity (Wildman–Crippen MR) is 54.4 cm³/mol. The van der Waals surface area contributed by atoms with Gasteiger partial charge in [-0.15, -0.1) is 0 Å². The van der Waals surface area contributed by atoms with Gasteiger partial charge in [-0.2, -0.15) is 0 Å². The lowest BCUT2D eigenvalue weighted by Gasteiger charge is -2.25. The van der Waals surface area contributed by atoms with Crippen LogP contribution in [0.2, 0.25) is 0 Å². The molecule has 3 nitrogen and oxygen atoms in total. The van der Waals surface area contributed by atoms with Crippen LogP contribution in [-0.2, 0) is 0 Å². The van der Waals surface area contributed by atoms with E-state index in [4.69, 9.17) is 5.73 Å². The zero-order valence-corrected chi connectivity index (χ0v) is 7.95. The van der Waals surface area contributed by atoms with Gasteiger partial charge in [-0.05, 0) is 44.7 Å². The van der Waals surface area contributed by atoms with E-state index in [0.717, 1.165) is 37.8 Å². The molecule has 0 aromatic heterocycles. The summed E-state index contributed by atoms with van der Waals surface area (Å²) in [6.45, 7) is 3.46. The van der Waals surface area contributed by atoms with Gasteiger partial charge in [-0.3, -0.25) is 4.99 Å². The molecule has 74 valence electrons. The van der Waals surface area contributed by atoms with Gasteiger partial charge in [-0.25, -0.2) is 0 Å². The first kappa shape index (κ1) is 10.3. The number of aliphatic hydroxyl groups excluding tert-OH is 1. The van der Waals surface area contributed by atoms with Crippen molar-refractivity contribution in [2.24, 2.45) is 16.6 Å². The van der Waals surface area contributed by atoms with Gasteiger partial charge < -0.3 is 10.8 Å². The summed E-state index contributed by atoms with van der Waals surface area (Å²) in [6.07, 6.45) is 6.34. The zero-order chi connectivity index (χ0) is 9.68. The highest BCUT2D eigenvalue weighted by Gasteiger charge is 2.19. The van der Waals surface area contributed by atoms with Crippen molar-refractivity contribution in [1.82, 2.24) is 0 Å². The van der Waals surface area contributed by atoms with Crippen LogP contribution in [0.4, 0.5) is 0 Å². The third-order valence-corrected chi connectivity index (χ3v) is 2.71. The summed E-state index contributed by atoms with van der Waals surface area (Å²) >= 11 is 0. The molecule has 1 rings (SSSR count). The summed E-state index contributed by atoms with van der Waals surface area (Å²) < 4.78 is 0. The molecular formula is C10H18N2O. The highest BCUT2D eigenvalue weighted by atomic mass is 16.3. The highest BCUT2D eigenvalue weighted by molar-refractivity contribution is 5.28. The maximum atomic E-state index is 9.30. The van der Waals surface area contributed by atoms with Crippen molar-refractivity contribution in [2.45, 2.75) is 38.2 Å². The Hall–Kier alpha value is -0.830. The van der Waals surface area contributed by atoms with Crippen LogP contribution in [0.1, 0.15) is 32.1 Å². The van der Waals surface area contributed by atoms with Crippen molar-refractivity contribution < 1.29 is 5.11 Å². The Kier molecular flexibility index (Phi) is 3.96. The van der Waals surface area contributed by atoms with E-state index in [9.17, 15) is 5.11 Å². The lowest BCUT2D eigenvalue weighted by molar-refractivity contribution is 0.108. The van der Waals surface area contributed by atoms with E-state index in [1.54, 1.807) is 0 Å². The minimum absolute atomic E-state index is 0.0850. The first-order valence-electron chi connectivity index (χ1n) is 4.81. The number of aliphatic imine (C=N–C) groups is 1. The van der Waals surface area contributed by atoms with Gasteiger partial charge in [0.05, 0.1) is 11.8 Å². The molecule has 1 aliphatic rings. The molecule has 0 amide bonds. The zero-order valence-electron chi connectivity index (χ0n) is 7.95. The standard InChI is InChI=1S/C10H18N2O/c1-12-9(7-11)6-8-2-4-10(13)5-3-8/h7-8,10,13H,1-6,11H2/b9-7-. The molecule has 0 bridgehead atoms. The van der Waals surface area contributed by atoms with E-state index in [0.29, 0.717) is 5.92 Å². The molecule has 1 saturated carbocycles. The molecule has 0 aromatic rings. The predicted octanol–water partition coefficient (Wildman–Crippen LogP) is 1.43. The fourth-order valence-corrected chi connectivity index (χ4v) is 1.83. The maximum Gasteiger partial charge on any atom is 0.0553 e. The van der Waals surface area contributed by atoms with Crippen LogP contribution in [0.25, 0.3) is 0 Å². The summed E-state index contributed by atoms with van der Waals surface area (Å²) in [7, 11) is 0. The number of hydrogen-bond donors (Lipinski definition) is 2. The molecule has 1 fully saturated rings. The number of hydrogen-bond acceptors (Lipinski definition) is 3. The van der Waals surface area contributed by atoms with Gasteiger partial charge >= 0.3 is 0 Å². The van der Waals surface area contributed by atoms with Crippen LogP contribution >= 0.6 is 0 Å². The second-order valence-corrected chi connectivity index (χ2v) is 3.69. The van der Waals surface area contributed by atoms with Crippen molar-refractivity contribution in [2.75, 3.05) is 0 Å². The van der Waals surface area contributed by atoms with E-state index >= 15 is 0 Å².